The number of aliphatic hydroxyl groups is 1. The van der Waals surface area contributed by atoms with E-state index in [0.717, 1.165) is 18.4 Å². The number of rotatable bonds is 9. The molecule has 2 N–H and O–H groups in total. The van der Waals surface area contributed by atoms with Gasteiger partial charge >= 0.3 is 5.97 Å². The van der Waals surface area contributed by atoms with E-state index < -0.39 is 0 Å². The molecular weight excluding hydrogens is 270 g/mol. The lowest BCUT2D eigenvalue weighted by Gasteiger charge is -2.17. The van der Waals surface area contributed by atoms with Gasteiger partial charge in [-0.05, 0) is 37.5 Å². The zero-order chi connectivity index (χ0) is 15.1. The van der Waals surface area contributed by atoms with Crippen LogP contribution in [0.3, 0.4) is 0 Å². The maximum atomic E-state index is 11.9. The summed E-state index contributed by atoms with van der Waals surface area (Å²) in [5.41, 5.74) is 0.811. The molecule has 1 atom stereocenters. The summed E-state index contributed by atoms with van der Waals surface area (Å²) in [6.07, 6.45) is 2.81. The molecule has 0 heterocycles. The summed E-state index contributed by atoms with van der Waals surface area (Å²) >= 11 is 0. The first kappa shape index (κ1) is 15.8. The second kappa shape index (κ2) is 8.00. The van der Waals surface area contributed by atoms with Crippen LogP contribution in [0.2, 0.25) is 0 Å². The van der Waals surface area contributed by atoms with Gasteiger partial charge in [0.15, 0.2) is 0 Å². The Labute approximate surface area is 125 Å². The highest BCUT2D eigenvalue weighted by Crippen LogP contribution is 2.20. The number of aliphatic hydroxyl groups excluding tert-OH is 1. The fourth-order valence-electron chi connectivity index (χ4n) is 2.07. The van der Waals surface area contributed by atoms with Gasteiger partial charge in [0.1, 0.15) is 11.8 Å². The first-order valence-electron chi connectivity index (χ1n) is 7.48. The Morgan fingerprint density at radius 1 is 1.48 bits per heavy atom. The van der Waals surface area contributed by atoms with Gasteiger partial charge in [-0.1, -0.05) is 12.1 Å². The Kier molecular flexibility index (Phi) is 6.02. The number of carbonyl (C=O) groups is 1. The van der Waals surface area contributed by atoms with Crippen LogP contribution in [-0.2, 0) is 16.1 Å². The lowest BCUT2D eigenvalue weighted by atomic mass is 10.2. The lowest BCUT2D eigenvalue weighted by molar-refractivity contribution is -0.146. The topological polar surface area (TPSA) is 67.8 Å². The van der Waals surface area contributed by atoms with Gasteiger partial charge in [0, 0.05) is 12.5 Å². The molecule has 0 aliphatic heterocycles. The highest BCUT2D eigenvalue weighted by Gasteiger charge is 2.29. The molecule has 0 radical (unpaired) electrons. The van der Waals surface area contributed by atoms with Gasteiger partial charge in [0.05, 0.1) is 19.8 Å². The maximum absolute atomic E-state index is 11.9. The monoisotopic (exact) mass is 293 g/mol. The Morgan fingerprint density at radius 3 is 2.95 bits per heavy atom. The second-order valence-electron chi connectivity index (χ2n) is 5.19. The quantitative estimate of drug-likeness (QED) is 0.677. The van der Waals surface area contributed by atoms with Crippen molar-refractivity contribution in [2.45, 2.75) is 44.9 Å². The minimum atomic E-state index is -0.307. The third-order valence-electron chi connectivity index (χ3n) is 3.34. The average Bonchev–Trinajstić information content (AvgIpc) is 3.31. The molecule has 5 heteroatoms. The lowest BCUT2D eigenvalue weighted by Crippen LogP contribution is -2.40. The molecule has 2 rings (SSSR count). The number of ether oxygens (including phenoxy) is 2. The molecule has 116 valence electrons. The van der Waals surface area contributed by atoms with Crippen molar-refractivity contribution < 1.29 is 19.4 Å². The Morgan fingerprint density at radius 2 is 2.29 bits per heavy atom. The van der Waals surface area contributed by atoms with Gasteiger partial charge < -0.3 is 19.9 Å². The number of hydrogen-bond acceptors (Lipinski definition) is 5. The summed E-state index contributed by atoms with van der Waals surface area (Å²) < 4.78 is 10.7. The van der Waals surface area contributed by atoms with Crippen LogP contribution in [0.4, 0.5) is 0 Å². The minimum Gasteiger partial charge on any atom is -0.494 e. The molecule has 0 bridgehead atoms. The zero-order valence-electron chi connectivity index (χ0n) is 12.4. The molecule has 0 spiro atoms. The second-order valence-corrected chi connectivity index (χ2v) is 5.19. The Balaban J connectivity index is 1.81. The largest absolute Gasteiger partial charge is 0.494 e. The van der Waals surface area contributed by atoms with Gasteiger partial charge in [-0.2, -0.15) is 0 Å². The highest BCUT2D eigenvalue weighted by molar-refractivity contribution is 5.75. The third-order valence-corrected chi connectivity index (χ3v) is 3.34. The van der Waals surface area contributed by atoms with Gasteiger partial charge in [-0.25, -0.2) is 0 Å². The van der Waals surface area contributed by atoms with Crippen LogP contribution < -0.4 is 10.1 Å². The van der Waals surface area contributed by atoms with Crippen molar-refractivity contribution in [2.24, 2.45) is 0 Å². The molecule has 1 aromatic carbocycles. The van der Waals surface area contributed by atoms with Crippen LogP contribution in [0, 0.1) is 0 Å². The van der Waals surface area contributed by atoms with Gasteiger partial charge in [0.25, 0.3) is 0 Å². The predicted octanol–water partition coefficient (Wildman–Crippen LogP) is 1.63. The normalized spacial score (nSPS) is 15.5. The standard InChI is InChI=1S/C16H23NO4/c1-2-20-16(19)15(17-13-6-7-13)8-9-21-14-5-3-4-12(10-14)11-18/h3-5,10,13,15,17-18H,2,6-9,11H2,1H3. The number of carbonyl (C=O) groups excluding carboxylic acids is 1. The summed E-state index contributed by atoms with van der Waals surface area (Å²) in [7, 11) is 0. The molecule has 1 aliphatic carbocycles. The van der Waals surface area contributed by atoms with Crippen LogP contribution >= 0.6 is 0 Å². The van der Waals surface area contributed by atoms with Crippen LogP contribution in [0.5, 0.6) is 5.75 Å². The molecule has 5 nitrogen and oxygen atoms in total. The van der Waals surface area contributed by atoms with Crippen molar-refractivity contribution in [1.82, 2.24) is 5.32 Å². The molecule has 0 aromatic heterocycles. The van der Waals surface area contributed by atoms with Gasteiger partial charge in [-0.3, -0.25) is 4.79 Å². The van der Waals surface area contributed by atoms with E-state index in [2.05, 4.69) is 5.32 Å². The fraction of sp³-hybridized carbons (Fsp3) is 0.562. The number of esters is 1. The Hall–Kier alpha value is -1.59. The van der Waals surface area contributed by atoms with E-state index >= 15 is 0 Å². The summed E-state index contributed by atoms with van der Waals surface area (Å²) in [6.45, 7) is 2.62. The van der Waals surface area contributed by atoms with Crippen LogP contribution in [-0.4, -0.2) is 36.4 Å². The van der Waals surface area contributed by atoms with Gasteiger partial charge in [0.2, 0.25) is 0 Å². The first-order valence-corrected chi connectivity index (χ1v) is 7.48. The van der Waals surface area contributed by atoms with Crippen molar-refractivity contribution in [3.8, 4) is 5.75 Å². The van der Waals surface area contributed by atoms with E-state index in [4.69, 9.17) is 14.6 Å². The Bertz CT molecular complexity index is 459. The predicted molar refractivity (Wildman–Crippen MR) is 79.1 cm³/mol. The van der Waals surface area contributed by atoms with E-state index in [1.807, 2.05) is 25.1 Å². The summed E-state index contributed by atoms with van der Waals surface area (Å²) in [5.74, 6) is 0.493. The molecular formula is C16H23NO4. The average molecular weight is 293 g/mol. The number of nitrogens with one attached hydrogen (secondary N) is 1. The maximum Gasteiger partial charge on any atom is 0.323 e. The van der Waals surface area contributed by atoms with Crippen molar-refractivity contribution in [3.05, 3.63) is 29.8 Å². The molecule has 0 amide bonds. The van der Waals surface area contributed by atoms with Crippen molar-refractivity contribution >= 4 is 5.97 Å². The van der Waals surface area contributed by atoms with Crippen molar-refractivity contribution in [2.75, 3.05) is 13.2 Å². The molecule has 1 aromatic rings. The van der Waals surface area contributed by atoms with Gasteiger partial charge in [-0.15, -0.1) is 0 Å². The summed E-state index contributed by atoms with van der Waals surface area (Å²) in [4.78, 5) is 11.9. The molecule has 0 saturated heterocycles. The van der Waals surface area contributed by atoms with Crippen LogP contribution in [0.1, 0.15) is 31.7 Å². The van der Waals surface area contributed by atoms with E-state index in [9.17, 15) is 4.79 Å². The molecule has 1 unspecified atom stereocenters. The SMILES string of the molecule is CCOC(=O)C(CCOc1cccc(CO)c1)NC1CC1. The third kappa shape index (κ3) is 5.36. The van der Waals surface area contributed by atoms with E-state index in [-0.39, 0.29) is 18.6 Å². The molecule has 1 fully saturated rings. The van der Waals surface area contributed by atoms with Crippen molar-refractivity contribution in [1.29, 1.82) is 0 Å². The van der Waals surface area contributed by atoms with Crippen LogP contribution in [0.25, 0.3) is 0 Å². The van der Waals surface area contributed by atoms with E-state index in [0.29, 0.717) is 31.4 Å². The van der Waals surface area contributed by atoms with E-state index in [1.54, 1.807) is 6.07 Å². The fourth-order valence-corrected chi connectivity index (χ4v) is 2.07. The highest BCUT2D eigenvalue weighted by atomic mass is 16.5. The van der Waals surface area contributed by atoms with Crippen molar-refractivity contribution in [3.63, 3.8) is 0 Å². The zero-order valence-corrected chi connectivity index (χ0v) is 12.4. The molecule has 21 heavy (non-hydrogen) atoms. The van der Waals surface area contributed by atoms with Crippen LogP contribution in [0.15, 0.2) is 24.3 Å². The molecule has 1 saturated carbocycles. The summed E-state index contributed by atoms with van der Waals surface area (Å²) in [6, 6.07) is 7.45. The smallest absolute Gasteiger partial charge is 0.323 e. The number of hydrogen-bond donors (Lipinski definition) is 2. The minimum absolute atomic E-state index is 0.00805. The van der Waals surface area contributed by atoms with E-state index in [1.165, 1.54) is 0 Å². The number of benzene rings is 1. The first-order chi connectivity index (χ1) is 10.2. The molecule has 1 aliphatic rings. The summed E-state index contributed by atoms with van der Waals surface area (Å²) in [5, 5.41) is 12.4.